The third kappa shape index (κ3) is 6.58. The van der Waals surface area contributed by atoms with E-state index in [-0.39, 0.29) is 24.0 Å². The Hall–Kier alpha value is -2.36. The molecule has 10 heteroatoms. The highest BCUT2D eigenvalue weighted by molar-refractivity contribution is 9.10. The lowest BCUT2D eigenvalue weighted by molar-refractivity contribution is -0.911. The van der Waals surface area contributed by atoms with E-state index in [1.165, 1.54) is 10.3 Å². The topological polar surface area (TPSA) is 77.2 Å². The van der Waals surface area contributed by atoms with Crippen LogP contribution < -0.4 is 4.73 Å². The van der Waals surface area contributed by atoms with Gasteiger partial charge in [0.2, 0.25) is 12.1 Å². The first-order chi connectivity index (χ1) is 19.0. The van der Waals surface area contributed by atoms with Crippen LogP contribution >= 0.6 is 27.5 Å². The van der Waals surface area contributed by atoms with Gasteiger partial charge in [-0.3, -0.25) is 14.9 Å². The van der Waals surface area contributed by atoms with Gasteiger partial charge in [-0.25, -0.2) is 4.79 Å². The zero-order valence-corrected chi connectivity index (χ0v) is 25.9. The summed E-state index contributed by atoms with van der Waals surface area (Å²) in [5.41, 5.74) is 3.82. The van der Waals surface area contributed by atoms with Gasteiger partial charge in [-0.15, -0.1) is 0 Å². The van der Waals surface area contributed by atoms with Crippen molar-refractivity contribution in [3.63, 3.8) is 0 Å². The van der Waals surface area contributed by atoms with Crippen LogP contribution in [0.15, 0.2) is 34.9 Å². The van der Waals surface area contributed by atoms with Gasteiger partial charge >= 0.3 is 6.09 Å². The summed E-state index contributed by atoms with van der Waals surface area (Å²) >= 11 is 9.90. The van der Waals surface area contributed by atoms with Crippen molar-refractivity contribution in [3.8, 4) is 0 Å². The molecule has 1 N–H and O–H groups in total. The molecule has 1 aromatic carbocycles. The zero-order valence-electron chi connectivity index (χ0n) is 23.5. The molecule has 1 aliphatic carbocycles. The number of benzene rings is 1. The van der Waals surface area contributed by atoms with Crippen molar-refractivity contribution in [1.82, 2.24) is 14.7 Å². The lowest BCUT2D eigenvalue weighted by Gasteiger charge is -2.39. The second kappa shape index (κ2) is 11.9. The van der Waals surface area contributed by atoms with Crippen LogP contribution in [0.4, 0.5) is 4.79 Å². The molecule has 0 saturated carbocycles. The first-order valence-corrected chi connectivity index (χ1v) is 15.4. The fourth-order valence-corrected chi connectivity index (χ4v) is 6.87. The van der Waals surface area contributed by atoms with E-state index in [1.807, 2.05) is 37.8 Å². The number of aromatic nitrogens is 1. The lowest BCUT2D eigenvalue weighted by atomic mass is 9.93. The van der Waals surface area contributed by atoms with Gasteiger partial charge in [-0.2, -0.15) is 0 Å². The summed E-state index contributed by atoms with van der Waals surface area (Å²) in [6, 6.07) is 8.02. The average Bonchev–Trinajstić information content (AvgIpc) is 3.05. The number of likely N-dealkylation sites (tertiary alicyclic amines) is 1. The van der Waals surface area contributed by atoms with Crippen molar-refractivity contribution in [2.24, 2.45) is 5.92 Å². The molecular weight excluding hydrogens is 596 g/mol. The summed E-state index contributed by atoms with van der Waals surface area (Å²) in [5, 5.41) is 11.7. The van der Waals surface area contributed by atoms with Crippen LogP contribution in [0.5, 0.6) is 0 Å². The number of rotatable bonds is 3. The molecule has 2 aromatic rings. The molecule has 8 nitrogen and oxygen atoms in total. The van der Waals surface area contributed by atoms with E-state index in [0.717, 1.165) is 47.0 Å². The number of piperazine rings is 1. The normalized spacial score (nSPS) is 20.5. The van der Waals surface area contributed by atoms with Gasteiger partial charge in [0, 0.05) is 61.0 Å². The zero-order chi connectivity index (χ0) is 28.6. The molecule has 0 bridgehead atoms. The van der Waals surface area contributed by atoms with Crippen molar-refractivity contribution in [1.29, 1.82) is 0 Å². The number of carbonyl (C=O) groups is 2. The standard InChI is InChI=1S/C30H39BrClN4O4/c1-30(2,3)40-29(38)35-10-8-20(9-11-35)16-26(37)33-12-14-34(15-13-33)28-25-7-6-24(32)18-21(25)4-5-22-17-23(31)19-36(39)27(22)28/h6-7,17-20,28,39H,4-5,8-16H2,1-3H3/q+1/t28-/m1/s1. The molecule has 0 radical (unpaired) electrons. The SMILES string of the molecule is CC(C)(C)OC(=O)N1CCC(CC(=O)N2CCN([C@@H]3c4ccc(Cl)cc4CCc4cc(Br)c[n+](O)c43)CC2)CC1. The molecule has 2 fully saturated rings. The van der Waals surface area contributed by atoms with Crippen molar-refractivity contribution < 1.29 is 24.3 Å². The number of ether oxygens (including phenoxy) is 1. The minimum absolute atomic E-state index is 0.127. The van der Waals surface area contributed by atoms with E-state index in [9.17, 15) is 14.8 Å². The summed E-state index contributed by atoms with van der Waals surface area (Å²) in [5.74, 6) is 0.464. The Morgan fingerprint density at radius 2 is 1.70 bits per heavy atom. The maximum absolute atomic E-state index is 13.3. The fourth-order valence-electron chi connectivity index (χ4n) is 6.21. The fraction of sp³-hybridized carbons (Fsp3) is 0.567. The minimum Gasteiger partial charge on any atom is -0.444 e. The summed E-state index contributed by atoms with van der Waals surface area (Å²) in [6.07, 6.45) is 5.23. The highest BCUT2D eigenvalue weighted by Gasteiger charge is 2.39. The molecule has 216 valence electrons. The number of pyridine rings is 1. The molecule has 2 aliphatic heterocycles. The molecule has 1 atom stereocenters. The van der Waals surface area contributed by atoms with Gasteiger partial charge < -0.3 is 14.5 Å². The first-order valence-electron chi connectivity index (χ1n) is 14.2. The van der Waals surface area contributed by atoms with Gasteiger partial charge in [0.1, 0.15) is 11.6 Å². The molecule has 0 unspecified atom stereocenters. The van der Waals surface area contributed by atoms with Gasteiger partial charge in [-0.1, -0.05) is 17.7 Å². The first kappa shape index (κ1) is 29.1. The van der Waals surface area contributed by atoms with E-state index in [2.05, 4.69) is 33.0 Å². The number of amides is 2. The van der Waals surface area contributed by atoms with Crippen molar-refractivity contribution >= 4 is 39.5 Å². The number of fused-ring (bicyclic) bond motifs is 2. The smallest absolute Gasteiger partial charge is 0.410 e. The van der Waals surface area contributed by atoms with E-state index < -0.39 is 5.60 Å². The van der Waals surface area contributed by atoms with Crippen LogP contribution in [-0.4, -0.2) is 76.8 Å². The number of hydrogen-bond donors (Lipinski definition) is 1. The number of hydrogen-bond acceptors (Lipinski definition) is 5. The van der Waals surface area contributed by atoms with Gasteiger partial charge in [-0.05, 0) is 97.6 Å². The largest absolute Gasteiger partial charge is 0.444 e. The number of nitrogens with zero attached hydrogens (tertiary/aromatic N) is 4. The number of piperidine rings is 1. The molecule has 2 amide bonds. The second-order valence-electron chi connectivity index (χ2n) is 12.2. The Balaban J connectivity index is 1.23. The summed E-state index contributed by atoms with van der Waals surface area (Å²) in [4.78, 5) is 31.8. The number of halogens is 2. The molecule has 40 heavy (non-hydrogen) atoms. The van der Waals surface area contributed by atoms with Crippen molar-refractivity contribution in [3.05, 3.63) is 62.3 Å². The van der Waals surface area contributed by atoms with Crippen molar-refractivity contribution in [2.75, 3.05) is 39.3 Å². The molecular formula is C30H39BrClN4O4+. The molecule has 5 rings (SSSR count). The summed E-state index contributed by atoms with van der Waals surface area (Å²) in [6.45, 7) is 9.60. The van der Waals surface area contributed by atoms with Crippen LogP contribution in [0.3, 0.4) is 0 Å². The van der Waals surface area contributed by atoms with Crippen LogP contribution in [0.1, 0.15) is 68.5 Å². The van der Waals surface area contributed by atoms with Gasteiger partial charge in [0.15, 0.2) is 0 Å². The maximum atomic E-state index is 13.3. The lowest BCUT2D eigenvalue weighted by Crippen LogP contribution is -2.52. The third-order valence-electron chi connectivity index (χ3n) is 8.22. The van der Waals surface area contributed by atoms with Crippen LogP contribution in [0.25, 0.3) is 0 Å². The monoisotopic (exact) mass is 633 g/mol. The molecule has 3 aliphatic rings. The van der Waals surface area contributed by atoms with Gasteiger partial charge in [0.25, 0.3) is 5.69 Å². The van der Waals surface area contributed by atoms with Gasteiger partial charge in [0.05, 0.1) is 4.47 Å². The quantitative estimate of drug-likeness (QED) is 0.380. The van der Waals surface area contributed by atoms with E-state index >= 15 is 0 Å². The minimum atomic E-state index is -0.506. The molecule has 3 heterocycles. The van der Waals surface area contributed by atoms with Crippen LogP contribution in [-0.2, 0) is 22.4 Å². The summed E-state index contributed by atoms with van der Waals surface area (Å²) < 4.78 is 7.60. The predicted molar refractivity (Wildman–Crippen MR) is 156 cm³/mol. The Morgan fingerprint density at radius 1 is 1.02 bits per heavy atom. The molecule has 2 saturated heterocycles. The van der Waals surface area contributed by atoms with Crippen molar-refractivity contribution in [2.45, 2.75) is 64.5 Å². The van der Waals surface area contributed by atoms with Crippen LogP contribution in [0.2, 0.25) is 5.02 Å². The van der Waals surface area contributed by atoms with Crippen LogP contribution in [0, 0.1) is 5.92 Å². The Kier molecular flexibility index (Phi) is 8.64. The maximum Gasteiger partial charge on any atom is 0.410 e. The number of aryl methyl sites for hydroxylation is 2. The molecule has 0 spiro atoms. The Bertz CT molecular complexity index is 1270. The Labute approximate surface area is 249 Å². The molecule has 1 aromatic heterocycles. The van der Waals surface area contributed by atoms with E-state index in [4.69, 9.17) is 16.3 Å². The number of carbonyl (C=O) groups excluding carboxylic acids is 2. The summed E-state index contributed by atoms with van der Waals surface area (Å²) in [7, 11) is 0. The third-order valence-corrected chi connectivity index (χ3v) is 8.89. The highest BCUT2D eigenvalue weighted by Crippen LogP contribution is 2.37. The van der Waals surface area contributed by atoms with E-state index in [0.29, 0.717) is 50.7 Å². The van der Waals surface area contributed by atoms with E-state index in [1.54, 1.807) is 11.1 Å². The Morgan fingerprint density at radius 3 is 2.38 bits per heavy atom. The average molecular weight is 635 g/mol. The predicted octanol–water partition coefficient (Wildman–Crippen LogP) is 5.00. The second-order valence-corrected chi connectivity index (χ2v) is 13.5. The highest BCUT2D eigenvalue weighted by atomic mass is 79.9.